The first-order valence-corrected chi connectivity index (χ1v) is 9.49. The summed E-state index contributed by atoms with van der Waals surface area (Å²) in [6, 6.07) is 15.1. The van der Waals surface area contributed by atoms with Crippen molar-refractivity contribution in [2.75, 3.05) is 7.11 Å². The third kappa shape index (κ3) is 3.48. The van der Waals surface area contributed by atoms with E-state index in [2.05, 4.69) is 6.92 Å². The number of unbranched alkanes of at least 4 members (excludes halogenated alkanes) is 1. The third-order valence-electron chi connectivity index (χ3n) is 5.33. The van der Waals surface area contributed by atoms with Crippen LogP contribution < -0.4 is 4.74 Å². The Bertz CT molecular complexity index is 825. The van der Waals surface area contributed by atoms with E-state index in [4.69, 9.17) is 9.47 Å². The summed E-state index contributed by atoms with van der Waals surface area (Å²) in [7, 11) is 1.62. The van der Waals surface area contributed by atoms with Crippen molar-refractivity contribution in [2.24, 2.45) is 5.92 Å². The summed E-state index contributed by atoms with van der Waals surface area (Å²) < 4.78 is 11.4. The Morgan fingerprint density at radius 3 is 2.48 bits per heavy atom. The van der Waals surface area contributed by atoms with Gasteiger partial charge in [0.05, 0.1) is 12.7 Å². The highest BCUT2D eigenvalue weighted by molar-refractivity contribution is 5.95. The molecule has 0 unspecified atom stereocenters. The van der Waals surface area contributed by atoms with Crippen LogP contribution in [0, 0.1) is 5.92 Å². The average molecular weight is 366 g/mol. The van der Waals surface area contributed by atoms with Crippen molar-refractivity contribution < 1.29 is 19.1 Å². The molecule has 0 radical (unpaired) electrons. The molecule has 0 aliphatic carbocycles. The van der Waals surface area contributed by atoms with Gasteiger partial charge < -0.3 is 14.3 Å². The lowest BCUT2D eigenvalue weighted by Gasteiger charge is -2.37. The number of ether oxygens (including phenoxy) is 2. The number of hydrogen-bond acceptors (Lipinski definition) is 4. The monoisotopic (exact) mass is 366 g/mol. The van der Waals surface area contributed by atoms with E-state index in [9.17, 15) is 9.59 Å². The van der Waals surface area contributed by atoms with E-state index in [0.717, 1.165) is 36.1 Å². The molecule has 3 rings (SSSR count). The molecule has 1 aliphatic rings. The molecule has 0 saturated carbocycles. The fourth-order valence-electron chi connectivity index (χ4n) is 4.08. The average Bonchev–Trinajstić information content (AvgIpc) is 2.99. The van der Waals surface area contributed by atoms with E-state index >= 15 is 0 Å². The van der Waals surface area contributed by atoms with Crippen LogP contribution in [0.5, 0.6) is 5.75 Å². The number of esters is 1. The maximum absolute atomic E-state index is 12.7. The van der Waals surface area contributed by atoms with Crippen LogP contribution in [0.1, 0.15) is 61.0 Å². The number of carbonyl (C=O) groups excluding carboxylic acids is 2. The molecule has 27 heavy (non-hydrogen) atoms. The number of cyclic esters (lactones) is 1. The highest BCUT2D eigenvalue weighted by Crippen LogP contribution is 2.50. The first-order chi connectivity index (χ1) is 13.0. The van der Waals surface area contributed by atoms with Gasteiger partial charge in [0, 0.05) is 23.5 Å². The minimum Gasteiger partial charge on any atom is -0.497 e. The number of carbonyl (C=O) groups is 2. The SMILES string of the molecule is CCCC[C@H](CC(C)=O)[C@]1(c2ccc(OC)cc2)OC(=O)c2ccccc21. The molecule has 1 aliphatic heterocycles. The standard InChI is InChI=1S/C23H26O4/c1-4-5-8-18(15-16(2)24)23(17-11-13-19(26-3)14-12-17)21-10-7-6-9-20(21)22(25)27-23/h6-7,9-14,18H,4-5,8,15H2,1-3H3/t18-,23+/m1/s1. The molecule has 1 heterocycles. The Morgan fingerprint density at radius 1 is 1.15 bits per heavy atom. The molecule has 0 saturated heterocycles. The quantitative estimate of drug-likeness (QED) is 0.624. The number of fused-ring (bicyclic) bond motifs is 1. The van der Waals surface area contributed by atoms with Gasteiger partial charge in [0.1, 0.15) is 11.5 Å². The zero-order valence-corrected chi connectivity index (χ0v) is 16.2. The molecule has 2 aromatic carbocycles. The molecule has 2 aromatic rings. The molecule has 142 valence electrons. The van der Waals surface area contributed by atoms with Gasteiger partial charge in [-0.05, 0) is 31.5 Å². The van der Waals surface area contributed by atoms with Crippen LogP contribution in [0.15, 0.2) is 48.5 Å². The second kappa shape index (κ2) is 7.95. The molecule has 4 nitrogen and oxygen atoms in total. The number of methoxy groups -OCH3 is 1. The molecule has 2 atom stereocenters. The van der Waals surface area contributed by atoms with Gasteiger partial charge >= 0.3 is 5.97 Å². The fraction of sp³-hybridized carbons (Fsp3) is 0.391. The van der Waals surface area contributed by atoms with Crippen molar-refractivity contribution in [1.29, 1.82) is 0 Å². The van der Waals surface area contributed by atoms with E-state index < -0.39 is 5.60 Å². The maximum Gasteiger partial charge on any atom is 0.339 e. The summed E-state index contributed by atoms with van der Waals surface area (Å²) in [4.78, 5) is 24.8. The Labute approximate surface area is 160 Å². The van der Waals surface area contributed by atoms with Gasteiger partial charge in [0.25, 0.3) is 0 Å². The van der Waals surface area contributed by atoms with Gasteiger partial charge in [0.2, 0.25) is 0 Å². The zero-order valence-electron chi connectivity index (χ0n) is 16.2. The molecule has 0 amide bonds. The minimum absolute atomic E-state index is 0.101. The largest absolute Gasteiger partial charge is 0.497 e. The topological polar surface area (TPSA) is 52.6 Å². The van der Waals surface area contributed by atoms with Crippen LogP contribution >= 0.6 is 0 Å². The first-order valence-electron chi connectivity index (χ1n) is 9.49. The van der Waals surface area contributed by atoms with Crippen LogP contribution in [-0.4, -0.2) is 18.9 Å². The lowest BCUT2D eigenvalue weighted by molar-refractivity contribution is -0.120. The van der Waals surface area contributed by atoms with Crippen molar-refractivity contribution in [2.45, 2.75) is 45.1 Å². The summed E-state index contributed by atoms with van der Waals surface area (Å²) in [6.07, 6.45) is 3.16. The number of Topliss-reactive ketones (excluding diaryl/α,β-unsaturated/α-hetero) is 1. The van der Waals surface area contributed by atoms with Gasteiger partial charge in [-0.1, -0.05) is 50.1 Å². The summed E-state index contributed by atoms with van der Waals surface area (Å²) >= 11 is 0. The molecular weight excluding hydrogens is 340 g/mol. The van der Waals surface area contributed by atoms with Gasteiger partial charge in [-0.2, -0.15) is 0 Å². The summed E-state index contributed by atoms with van der Waals surface area (Å²) in [5, 5.41) is 0. The molecule has 0 N–H and O–H groups in total. The lowest BCUT2D eigenvalue weighted by Crippen LogP contribution is -2.38. The van der Waals surface area contributed by atoms with Crippen molar-refractivity contribution >= 4 is 11.8 Å². The highest BCUT2D eigenvalue weighted by Gasteiger charge is 2.52. The van der Waals surface area contributed by atoms with Crippen molar-refractivity contribution in [3.8, 4) is 5.75 Å². The van der Waals surface area contributed by atoms with Crippen LogP contribution in [0.2, 0.25) is 0 Å². The van der Waals surface area contributed by atoms with Crippen molar-refractivity contribution in [3.05, 3.63) is 65.2 Å². The number of rotatable bonds is 8. The zero-order chi connectivity index (χ0) is 19.4. The van der Waals surface area contributed by atoms with E-state index in [1.54, 1.807) is 20.1 Å². The molecule has 0 bridgehead atoms. The second-order valence-electron chi connectivity index (χ2n) is 7.14. The Morgan fingerprint density at radius 2 is 1.85 bits per heavy atom. The molecular formula is C23H26O4. The second-order valence-corrected chi connectivity index (χ2v) is 7.14. The summed E-state index contributed by atoms with van der Waals surface area (Å²) in [6.45, 7) is 3.73. The molecule has 4 heteroatoms. The van der Waals surface area contributed by atoms with Gasteiger partial charge in [-0.25, -0.2) is 4.79 Å². The molecule has 0 fully saturated rings. The minimum atomic E-state index is -0.944. The van der Waals surface area contributed by atoms with E-state index in [1.807, 2.05) is 42.5 Å². The smallest absolute Gasteiger partial charge is 0.339 e. The number of ketones is 1. The molecule has 0 aromatic heterocycles. The van der Waals surface area contributed by atoms with E-state index in [-0.39, 0.29) is 17.7 Å². The number of hydrogen-bond donors (Lipinski definition) is 0. The fourth-order valence-corrected chi connectivity index (χ4v) is 4.08. The van der Waals surface area contributed by atoms with Gasteiger partial charge in [-0.3, -0.25) is 0 Å². The summed E-state index contributed by atoms with van der Waals surface area (Å²) in [5.74, 6) is 0.398. The van der Waals surface area contributed by atoms with Crippen molar-refractivity contribution in [1.82, 2.24) is 0 Å². The van der Waals surface area contributed by atoms with Crippen LogP contribution in [-0.2, 0) is 15.1 Å². The highest BCUT2D eigenvalue weighted by atomic mass is 16.6. The Hall–Kier alpha value is -2.62. The Balaban J connectivity index is 2.19. The molecule has 0 spiro atoms. The predicted octanol–water partition coefficient (Wildman–Crippen LogP) is 4.89. The third-order valence-corrected chi connectivity index (χ3v) is 5.33. The van der Waals surface area contributed by atoms with E-state index in [1.165, 1.54) is 0 Å². The predicted molar refractivity (Wildman–Crippen MR) is 104 cm³/mol. The number of benzene rings is 2. The Kier molecular flexibility index (Phi) is 5.64. The van der Waals surface area contributed by atoms with Gasteiger partial charge in [-0.15, -0.1) is 0 Å². The van der Waals surface area contributed by atoms with E-state index in [0.29, 0.717) is 12.0 Å². The van der Waals surface area contributed by atoms with Crippen LogP contribution in [0.4, 0.5) is 0 Å². The van der Waals surface area contributed by atoms with Gasteiger partial charge in [0.15, 0.2) is 5.60 Å². The lowest BCUT2D eigenvalue weighted by atomic mass is 9.72. The maximum atomic E-state index is 12.7. The van der Waals surface area contributed by atoms with Crippen LogP contribution in [0.25, 0.3) is 0 Å². The normalized spacial score (nSPS) is 19.3. The summed E-state index contributed by atoms with van der Waals surface area (Å²) in [5.41, 5.74) is 1.37. The first kappa shape index (κ1) is 19.2. The van der Waals surface area contributed by atoms with Crippen molar-refractivity contribution in [3.63, 3.8) is 0 Å². The van der Waals surface area contributed by atoms with Crippen LogP contribution in [0.3, 0.4) is 0 Å².